The third kappa shape index (κ3) is 4.70. The van der Waals surface area contributed by atoms with E-state index >= 15 is 0 Å². The van der Waals surface area contributed by atoms with Crippen molar-refractivity contribution in [2.45, 2.75) is 43.5 Å². The van der Waals surface area contributed by atoms with E-state index in [0.29, 0.717) is 17.4 Å². The molecule has 2 fully saturated rings. The molecule has 1 aliphatic heterocycles. The Balaban J connectivity index is 1.30. The van der Waals surface area contributed by atoms with Crippen LogP contribution in [0.3, 0.4) is 0 Å². The SMILES string of the molecule is Cc1ccc(OC([Si])[C@@H]2CCN2C)cc1C(=O)NC1(c2cc(-c3ccc(Cl)s3)cc3ncccc23)CC1. The third-order valence-electron chi connectivity index (χ3n) is 7.61. The maximum atomic E-state index is 13.7. The first-order chi connectivity index (χ1) is 17.8. The minimum absolute atomic E-state index is 0.0895. The van der Waals surface area contributed by atoms with Crippen molar-refractivity contribution in [1.29, 1.82) is 0 Å². The highest BCUT2D eigenvalue weighted by Gasteiger charge is 2.47. The van der Waals surface area contributed by atoms with E-state index in [0.717, 1.165) is 62.6 Å². The monoisotopic (exact) mass is 544 g/mol. The van der Waals surface area contributed by atoms with Crippen molar-refractivity contribution >= 4 is 50.0 Å². The van der Waals surface area contributed by atoms with Crippen LogP contribution < -0.4 is 10.1 Å². The highest BCUT2D eigenvalue weighted by atomic mass is 35.5. The maximum absolute atomic E-state index is 13.7. The van der Waals surface area contributed by atoms with Crippen LogP contribution in [0.2, 0.25) is 4.34 Å². The molecule has 0 bridgehead atoms. The molecule has 6 rings (SSSR count). The zero-order valence-corrected chi connectivity index (χ0v) is 23.3. The molecule has 1 amide bonds. The molecule has 8 heteroatoms. The van der Waals surface area contributed by atoms with Crippen molar-refractivity contribution < 1.29 is 9.53 Å². The lowest BCUT2D eigenvalue weighted by molar-refractivity contribution is 0.0562. The molecule has 1 unspecified atom stereocenters. The number of thiophene rings is 1. The molecule has 0 spiro atoms. The Kier molecular flexibility index (Phi) is 6.35. The highest BCUT2D eigenvalue weighted by Crippen LogP contribution is 2.49. The second-order valence-corrected chi connectivity index (χ2v) is 12.4. The van der Waals surface area contributed by atoms with E-state index in [-0.39, 0.29) is 11.6 Å². The second kappa shape index (κ2) is 9.55. The minimum Gasteiger partial charge on any atom is -0.493 e. The van der Waals surface area contributed by atoms with Gasteiger partial charge in [0.05, 0.1) is 31.4 Å². The number of likely N-dealkylation sites (N-methyl/N-ethyl adjacent to an activating group) is 1. The van der Waals surface area contributed by atoms with Gasteiger partial charge in [0.25, 0.3) is 5.91 Å². The van der Waals surface area contributed by atoms with E-state index in [4.69, 9.17) is 16.3 Å². The van der Waals surface area contributed by atoms with Gasteiger partial charge in [0.15, 0.2) is 0 Å². The number of amides is 1. The van der Waals surface area contributed by atoms with Gasteiger partial charge in [-0.25, -0.2) is 0 Å². The Bertz CT molecular complexity index is 1500. The van der Waals surface area contributed by atoms with E-state index in [2.05, 4.69) is 50.7 Å². The van der Waals surface area contributed by atoms with Crippen LogP contribution in [0.25, 0.3) is 21.3 Å². The molecule has 1 saturated heterocycles. The van der Waals surface area contributed by atoms with Crippen molar-refractivity contribution in [2.24, 2.45) is 0 Å². The standard InChI is InChI=1S/C29H27ClN3O2SSi/c1-17-5-6-19(35-28(37)24-9-13-33(24)2)16-21(17)27(34)32-29(10-11-29)22-14-18(25-7-8-26(30)36-25)15-23-20(22)4-3-12-31-23/h3-8,12,14-16,24,28H,9-11,13H2,1-2H3,(H,32,34)/t24-,28?/m0/s1. The number of rotatable bonds is 7. The number of pyridine rings is 1. The van der Waals surface area contributed by atoms with E-state index < -0.39 is 5.54 Å². The Labute approximate surface area is 229 Å². The first kappa shape index (κ1) is 24.6. The van der Waals surface area contributed by atoms with Crippen LogP contribution in [-0.4, -0.2) is 51.4 Å². The van der Waals surface area contributed by atoms with Gasteiger partial charge in [-0.1, -0.05) is 23.7 Å². The van der Waals surface area contributed by atoms with Crippen LogP contribution in [0.1, 0.15) is 40.7 Å². The number of carbonyl (C=O) groups is 1. The number of ether oxygens (including phenoxy) is 1. The van der Waals surface area contributed by atoms with Gasteiger partial charge < -0.3 is 15.0 Å². The van der Waals surface area contributed by atoms with Gasteiger partial charge in [0.1, 0.15) is 5.75 Å². The first-order valence-corrected chi connectivity index (χ1v) is 14.3. The van der Waals surface area contributed by atoms with Gasteiger partial charge in [0, 0.05) is 28.1 Å². The highest BCUT2D eigenvalue weighted by molar-refractivity contribution is 7.19. The van der Waals surface area contributed by atoms with Crippen LogP contribution >= 0.6 is 22.9 Å². The molecule has 3 heterocycles. The van der Waals surface area contributed by atoms with Crippen LogP contribution in [0.15, 0.2) is 60.8 Å². The van der Waals surface area contributed by atoms with Crippen molar-refractivity contribution in [1.82, 2.24) is 15.2 Å². The normalized spacial score (nSPS) is 19.3. The van der Waals surface area contributed by atoms with Crippen molar-refractivity contribution in [3.8, 4) is 16.2 Å². The lowest BCUT2D eigenvalue weighted by atomic mass is 9.95. The zero-order valence-electron chi connectivity index (χ0n) is 20.8. The van der Waals surface area contributed by atoms with Gasteiger partial charge in [-0.15, -0.1) is 11.3 Å². The molecule has 1 N–H and O–H groups in total. The number of fused-ring (bicyclic) bond motifs is 1. The van der Waals surface area contributed by atoms with E-state index in [1.807, 2.05) is 49.5 Å². The Morgan fingerprint density at radius 1 is 1.24 bits per heavy atom. The van der Waals surface area contributed by atoms with Crippen molar-refractivity contribution in [3.63, 3.8) is 0 Å². The number of carbonyl (C=O) groups excluding carboxylic acids is 1. The smallest absolute Gasteiger partial charge is 0.252 e. The summed E-state index contributed by atoms with van der Waals surface area (Å²) in [7, 11) is 5.82. The van der Waals surface area contributed by atoms with Crippen molar-refractivity contribution in [2.75, 3.05) is 13.6 Å². The summed E-state index contributed by atoms with van der Waals surface area (Å²) < 4.78 is 6.91. The number of aryl methyl sites for hydroxylation is 1. The maximum Gasteiger partial charge on any atom is 0.252 e. The number of benzene rings is 2. The third-order valence-corrected chi connectivity index (χ3v) is 9.39. The molecule has 3 radical (unpaired) electrons. The summed E-state index contributed by atoms with van der Waals surface area (Å²) in [5.74, 6) is 0.598. The molecule has 2 aromatic carbocycles. The number of halogens is 1. The molecular weight excluding hydrogens is 518 g/mol. The van der Waals surface area contributed by atoms with Crippen molar-refractivity contribution in [3.05, 3.63) is 81.8 Å². The number of likely N-dealkylation sites (tertiary alicyclic amines) is 1. The summed E-state index contributed by atoms with van der Waals surface area (Å²) >= 11 is 7.78. The lowest BCUT2D eigenvalue weighted by Crippen LogP contribution is -2.53. The zero-order chi connectivity index (χ0) is 25.7. The average molecular weight is 545 g/mol. The summed E-state index contributed by atoms with van der Waals surface area (Å²) in [6.07, 6.45) is 4.66. The Morgan fingerprint density at radius 2 is 2.08 bits per heavy atom. The Morgan fingerprint density at radius 3 is 2.76 bits per heavy atom. The predicted molar refractivity (Wildman–Crippen MR) is 151 cm³/mol. The molecule has 187 valence electrons. The molecule has 1 saturated carbocycles. The Hall–Kier alpha value is -2.71. The second-order valence-electron chi connectivity index (χ2n) is 10.1. The molecule has 37 heavy (non-hydrogen) atoms. The number of nitrogens with one attached hydrogen (secondary N) is 1. The topological polar surface area (TPSA) is 54.5 Å². The van der Waals surface area contributed by atoms with Gasteiger partial charge in [0.2, 0.25) is 0 Å². The van der Waals surface area contributed by atoms with Gasteiger partial charge >= 0.3 is 0 Å². The quantitative estimate of drug-likeness (QED) is 0.293. The fourth-order valence-corrected chi connectivity index (χ4v) is 6.71. The minimum atomic E-state index is -0.426. The van der Waals surface area contributed by atoms with Crippen LogP contribution in [-0.2, 0) is 5.54 Å². The first-order valence-electron chi connectivity index (χ1n) is 12.5. The summed E-state index contributed by atoms with van der Waals surface area (Å²) in [6.45, 7) is 3.03. The molecular formula is C29H27ClN3O2SSi. The lowest BCUT2D eigenvalue weighted by Gasteiger charge is -2.41. The molecule has 2 atom stereocenters. The largest absolute Gasteiger partial charge is 0.493 e. The van der Waals surface area contributed by atoms with E-state index in [1.165, 1.54) is 0 Å². The molecule has 5 nitrogen and oxygen atoms in total. The molecule has 4 aromatic rings. The van der Waals surface area contributed by atoms with Gasteiger partial charge in [-0.05, 0) is 98.9 Å². The molecule has 2 aliphatic rings. The van der Waals surface area contributed by atoms with Gasteiger partial charge in [-0.2, -0.15) is 0 Å². The number of nitrogens with zero attached hydrogens (tertiary/aromatic N) is 2. The molecule has 1 aliphatic carbocycles. The van der Waals surface area contributed by atoms with Crippen LogP contribution in [0.4, 0.5) is 0 Å². The van der Waals surface area contributed by atoms with Crippen LogP contribution in [0, 0.1) is 6.92 Å². The van der Waals surface area contributed by atoms with Crippen LogP contribution in [0.5, 0.6) is 5.75 Å². The fraction of sp³-hybridized carbons (Fsp3) is 0.310. The number of hydrogen-bond donors (Lipinski definition) is 1. The molecule has 2 aromatic heterocycles. The summed E-state index contributed by atoms with van der Waals surface area (Å²) in [6, 6.07) is 18.3. The summed E-state index contributed by atoms with van der Waals surface area (Å²) in [5.41, 5.74) is 4.08. The number of hydrogen-bond acceptors (Lipinski definition) is 5. The van der Waals surface area contributed by atoms with E-state index in [9.17, 15) is 4.79 Å². The number of aromatic nitrogens is 1. The predicted octanol–water partition coefficient (Wildman–Crippen LogP) is 5.92. The summed E-state index contributed by atoms with van der Waals surface area (Å²) in [5, 5.41) is 4.45. The van der Waals surface area contributed by atoms with Gasteiger partial charge in [-0.3, -0.25) is 9.78 Å². The van der Waals surface area contributed by atoms with E-state index in [1.54, 1.807) is 11.3 Å². The summed E-state index contributed by atoms with van der Waals surface area (Å²) in [4.78, 5) is 21.6. The fourth-order valence-electron chi connectivity index (χ4n) is 5.12. The average Bonchev–Trinajstić information content (AvgIpc) is 3.52.